The summed E-state index contributed by atoms with van der Waals surface area (Å²) in [5, 5.41) is 56.0. The number of carbonyl (C=O) groups is 1. The van der Waals surface area contributed by atoms with Gasteiger partial charge >= 0.3 is 5.97 Å². The predicted molar refractivity (Wildman–Crippen MR) is 142 cm³/mol. The van der Waals surface area contributed by atoms with Gasteiger partial charge in [0.2, 0.25) is 0 Å². The van der Waals surface area contributed by atoms with Crippen LogP contribution < -0.4 is 0 Å². The minimum absolute atomic E-state index is 0.0800. The lowest BCUT2D eigenvalue weighted by molar-refractivity contribution is -0.289. The zero-order valence-electron chi connectivity index (χ0n) is 24.7. The van der Waals surface area contributed by atoms with Gasteiger partial charge in [-0.1, -0.05) is 20.8 Å². The van der Waals surface area contributed by atoms with E-state index in [1.807, 2.05) is 25.8 Å². The van der Waals surface area contributed by atoms with Crippen LogP contribution in [0.4, 0.5) is 0 Å². The Morgan fingerprint density at radius 1 is 1.05 bits per heavy atom. The molecule has 2 aliphatic rings. The SMILES string of the molecule is CC[C@H]1OC(=O)[C@H](C)[C@@H](O)[C@H](C)[C@@H](O[C@@H]2O[C@H](C)CC[C@H]2O)C(C)(O)C[C@@H](C)CN(C)[C@H](C)[C@@H](O)[C@]1(C)O. The molecular formula is C28H53NO9. The second kappa shape index (κ2) is 13.2. The highest BCUT2D eigenvalue weighted by Crippen LogP contribution is 2.36. The summed E-state index contributed by atoms with van der Waals surface area (Å²) < 4.78 is 17.8. The van der Waals surface area contributed by atoms with Crippen LogP contribution in [0.15, 0.2) is 0 Å². The number of rotatable bonds is 3. The molecule has 0 aromatic carbocycles. The molecule has 0 aliphatic carbocycles. The number of cyclic esters (lactones) is 1. The summed E-state index contributed by atoms with van der Waals surface area (Å²) in [4.78, 5) is 15.1. The van der Waals surface area contributed by atoms with Crippen LogP contribution >= 0.6 is 0 Å². The van der Waals surface area contributed by atoms with E-state index in [-0.39, 0.29) is 24.9 Å². The van der Waals surface area contributed by atoms with Crippen LogP contribution in [0, 0.1) is 17.8 Å². The molecule has 0 amide bonds. The number of aliphatic hydroxyl groups is 5. The van der Waals surface area contributed by atoms with Crippen LogP contribution in [0.3, 0.4) is 0 Å². The molecule has 0 saturated carbocycles. The Bertz CT molecular complexity index is 763. The smallest absolute Gasteiger partial charge is 0.311 e. The number of hydrogen-bond donors (Lipinski definition) is 5. The molecule has 10 nitrogen and oxygen atoms in total. The zero-order chi connectivity index (χ0) is 29.2. The third kappa shape index (κ3) is 7.66. The Kier molecular flexibility index (Phi) is 11.6. The van der Waals surface area contributed by atoms with Crippen molar-refractivity contribution in [2.75, 3.05) is 13.6 Å². The van der Waals surface area contributed by atoms with E-state index in [0.717, 1.165) is 0 Å². The Hall–Kier alpha value is -0.850. The van der Waals surface area contributed by atoms with Gasteiger partial charge in [0, 0.05) is 18.5 Å². The number of ether oxygens (including phenoxy) is 3. The Labute approximate surface area is 228 Å². The summed E-state index contributed by atoms with van der Waals surface area (Å²) in [5.41, 5.74) is -3.20. The largest absolute Gasteiger partial charge is 0.459 e. The highest BCUT2D eigenvalue weighted by atomic mass is 16.7. The van der Waals surface area contributed by atoms with Crippen molar-refractivity contribution in [2.24, 2.45) is 17.8 Å². The third-order valence-electron chi connectivity index (χ3n) is 8.74. The molecule has 2 heterocycles. The first-order valence-corrected chi connectivity index (χ1v) is 14.1. The Morgan fingerprint density at radius 2 is 1.66 bits per heavy atom. The molecule has 224 valence electrons. The molecule has 0 aromatic heterocycles. The van der Waals surface area contributed by atoms with Crippen LogP contribution in [0.2, 0.25) is 0 Å². The molecular weight excluding hydrogens is 494 g/mol. The lowest BCUT2D eigenvalue weighted by atomic mass is 9.78. The number of aliphatic hydroxyl groups excluding tert-OH is 3. The number of esters is 1. The molecule has 2 saturated heterocycles. The van der Waals surface area contributed by atoms with Crippen molar-refractivity contribution in [3.8, 4) is 0 Å². The molecule has 13 atom stereocenters. The fourth-order valence-electron chi connectivity index (χ4n) is 6.13. The van der Waals surface area contributed by atoms with E-state index in [2.05, 4.69) is 0 Å². The van der Waals surface area contributed by atoms with Crippen molar-refractivity contribution in [1.29, 1.82) is 0 Å². The summed E-state index contributed by atoms with van der Waals surface area (Å²) >= 11 is 0. The van der Waals surface area contributed by atoms with Crippen LogP contribution in [0.5, 0.6) is 0 Å². The van der Waals surface area contributed by atoms with Gasteiger partial charge in [0.1, 0.15) is 23.9 Å². The van der Waals surface area contributed by atoms with Crippen molar-refractivity contribution in [2.45, 2.75) is 141 Å². The normalized spacial score (nSPS) is 49.1. The monoisotopic (exact) mass is 547 g/mol. The molecule has 2 fully saturated rings. The highest BCUT2D eigenvalue weighted by Gasteiger charge is 2.48. The number of hydrogen-bond acceptors (Lipinski definition) is 10. The number of likely N-dealkylation sites (N-methyl/N-ethyl adjacent to an activating group) is 1. The molecule has 2 aliphatic heterocycles. The van der Waals surface area contributed by atoms with Gasteiger partial charge in [-0.3, -0.25) is 4.79 Å². The Morgan fingerprint density at radius 3 is 2.24 bits per heavy atom. The van der Waals surface area contributed by atoms with Gasteiger partial charge in [0.15, 0.2) is 6.29 Å². The van der Waals surface area contributed by atoms with Gasteiger partial charge in [-0.25, -0.2) is 0 Å². The quantitative estimate of drug-likeness (QED) is 0.329. The molecule has 38 heavy (non-hydrogen) atoms. The van der Waals surface area contributed by atoms with Crippen molar-refractivity contribution in [3.05, 3.63) is 0 Å². The molecule has 0 bridgehead atoms. The summed E-state index contributed by atoms with van der Waals surface area (Å²) in [6, 6.07) is -0.489. The summed E-state index contributed by atoms with van der Waals surface area (Å²) in [6.07, 6.45) is -4.80. The first kappa shape index (κ1) is 33.4. The van der Waals surface area contributed by atoms with E-state index in [1.165, 1.54) is 13.8 Å². The van der Waals surface area contributed by atoms with Gasteiger partial charge in [-0.05, 0) is 73.3 Å². The maximum Gasteiger partial charge on any atom is 0.311 e. The van der Waals surface area contributed by atoms with Gasteiger partial charge in [-0.15, -0.1) is 0 Å². The van der Waals surface area contributed by atoms with E-state index in [1.54, 1.807) is 27.7 Å². The predicted octanol–water partition coefficient (Wildman–Crippen LogP) is 1.44. The van der Waals surface area contributed by atoms with E-state index in [0.29, 0.717) is 19.4 Å². The molecule has 10 heteroatoms. The van der Waals surface area contributed by atoms with Crippen LogP contribution in [0.25, 0.3) is 0 Å². The van der Waals surface area contributed by atoms with Gasteiger partial charge in [0.05, 0.1) is 29.8 Å². The van der Waals surface area contributed by atoms with Crippen molar-refractivity contribution < 1.29 is 44.5 Å². The van der Waals surface area contributed by atoms with Gasteiger partial charge < -0.3 is 44.6 Å². The number of carbonyl (C=O) groups excluding carboxylic acids is 1. The average molecular weight is 548 g/mol. The fourth-order valence-corrected chi connectivity index (χ4v) is 6.13. The van der Waals surface area contributed by atoms with Gasteiger partial charge in [-0.2, -0.15) is 0 Å². The van der Waals surface area contributed by atoms with Crippen molar-refractivity contribution in [1.82, 2.24) is 4.90 Å². The minimum atomic E-state index is -1.74. The van der Waals surface area contributed by atoms with Crippen molar-refractivity contribution in [3.63, 3.8) is 0 Å². The molecule has 0 aromatic rings. The van der Waals surface area contributed by atoms with E-state index in [9.17, 15) is 30.3 Å². The topological polar surface area (TPSA) is 149 Å². The molecule has 0 radical (unpaired) electrons. The third-order valence-corrected chi connectivity index (χ3v) is 8.74. The summed E-state index contributed by atoms with van der Waals surface area (Å²) in [6.45, 7) is 14.2. The maximum absolute atomic E-state index is 13.2. The van der Waals surface area contributed by atoms with Crippen molar-refractivity contribution >= 4 is 5.97 Å². The van der Waals surface area contributed by atoms with E-state index < -0.39 is 71.9 Å². The number of nitrogens with zero attached hydrogens (tertiary/aromatic N) is 1. The molecule has 0 spiro atoms. The maximum atomic E-state index is 13.2. The summed E-state index contributed by atoms with van der Waals surface area (Å²) in [7, 11) is 1.83. The minimum Gasteiger partial charge on any atom is -0.459 e. The average Bonchev–Trinajstić information content (AvgIpc) is 2.83. The van der Waals surface area contributed by atoms with E-state index >= 15 is 0 Å². The lowest BCUT2D eigenvalue weighted by Gasteiger charge is -2.44. The fraction of sp³-hybridized carbons (Fsp3) is 0.964. The van der Waals surface area contributed by atoms with Gasteiger partial charge in [0.25, 0.3) is 0 Å². The van der Waals surface area contributed by atoms with Crippen LogP contribution in [-0.4, -0.2) is 110 Å². The standard InChI is InChI=1S/C28H53NO9/c1-10-21-28(8,35)23(32)19(6)29(9)14-15(2)13-27(7,34)24(17(4)22(31)18(5)25(33)37-21)38-26-20(30)12-11-16(3)36-26/h15-24,26,30-32,34-35H,10-14H2,1-9H3/t15-,16-,17+,18-,19-,20-,21-,22+,23-,24-,26+,27?,28-/m1/s1. The highest BCUT2D eigenvalue weighted by molar-refractivity contribution is 5.73. The Balaban J connectivity index is 2.49. The second-order valence-corrected chi connectivity index (χ2v) is 12.5. The van der Waals surface area contributed by atoms with Crippen LogP contribution in [0.1, 0.15) is 81.1 Å². The summed E-state index contributed by atoms with van der Waals surface area (Å²) in [5.74, 6) is -2.58. The molecule has 5 N–H and O–H groups in total. The first-order chi connectivity index (χ1) is 17.4. The lowest BCUT2D eigenvalue weighted by Crippen LogP contribution is -2.59. The molecule has 2 rings (SSSR count). The van der Waals surface area contributed by atoms with Crippen LogP contribution in [-0.2, 0) is 19.0 Å². The van der Waals surface area contributed by atoms with E-state index in [4.69, 9.17) is 14.2 Å². The molecule has 1 unspecified atom stereocenters. The second-order valence-electron chi connectivity index (χ2n) is 12.5. The first-order valence-electron chi connectivity index (χ1n) is 14.1. The zero-order valence-corrected chi connectivity index (χ0v) is 24.7.